The molecule has 5 rings (SSSR count). The van der Waals surface area contributed by atoms with Gasteiger partial charge in [-0.1, -0.05) is 12.5 Å². The van der Waals surface area contributed by atoms with Crippen molar-refractivity contribution in [1.29, 1.82) is 0 Å². The van der Waals surface area contributed by atoms with E-state index in [9.17, 15) is 34.5 Å². The van der Waals surface area contributed by atoms with E-state index in [2.05, 4.69) is 0 Å². The highest BCUT2D eigenvalue weighted by Gasteiger charge is 2.83. The number of fused-ring (bicyclic) bond motifs is 2. The summed E-state index contributed by atoms with van der Waals surface area (Å²) in [6.07, 6.45) is -3.18. The predicted molar refractivity (Wildman–Crippen MR) is 126 cm³/mol. The lowest BCUT2D eigenvalue weighted by molar-refractivity contribution is -0.266. The molecule has 0 unspecified atom stereocenters. The molecule has 0 aromatic heterocycles. The molecule has 1 aliphatic heterocycles. The third-order valence-electron chi connectivity index (χ3n) is 10.00. The number of aliphatic hydroxyl groups is 3. The van der Waals surface area contributed by atoms with Gasteiger partial charge in [0.05, 0.1) is 25.7 Å². The van der Waals surface area contributed by atoms with Crippen LogP contribution in [0.4, 0.5) is 0 Å². The van der Waals surface area contributed by atoms with E-state index < -0.39 is 76.0 Å². The molecule has 0 radical (unpaired) electrons. The Morgan fingerprint density at radius 3 is 2.46 bits per heavy atom. The summed E-state index contributed by atoms with van der Waals surface area (Å²) in [7, 11) is 1.12. The maximum atomic E-state index is 13.6. The molecule has 2 bridgehead atoms. The van der Waals surface area contributed by atoms with Crippen LogP contribution in [-0.4, -0.2) is 76.5 Å². The number of hydrogen-bond donors (Lipinski definition) is 3. The second-order valence-corrected chi connectivity index (χ2v) is 11.9. The smallest absolute Gasteiger partial charge is 0.341 e. The van der Waals surface area contributed by atoms with Gasteiger partial charge in [0.1, 0.15) is 6.10 Å². The maximum Gasteiger partial charge on any atom is 0.341 e. The van der Waals surface area contributed by atoms with Gasteiger partial charge in [-0.2, -0.15) is 0 Å². The number of allylic oxidation sites excluding steroid dienone is 3. The summed E-state index contributed by atoms with van der Waals surface area (Å²) in [5.74, 6) is -5.61. The van der Waals surface area contributed by atoms with E-state index in [-0.39, 0.29) is 31.1 Å². The molecule has 10 atom stereocenters. The molecule has 3 N–H and O–H groups in total. The first kappa shape index (κ1) is 26.1. The molecule has 4 aliphatic carbocycles. The summed E-state index contributed by atoms with van der Waals surface area (Å²) < 4.78 is 16.9. The number of rotatable bonds is 3. The summed E-state index contributed by atoms with van der Waals surface area (Å²) in [6.45, 7) is 6.83. The summed E-state index contributed by atoms with van der Waals surface area (Å²) in [5.41, 5.74) is -2.99. The van der Waals surface area contributed by atoms with Crippen molar-refractivity contribution in [2.24, 2.45) is 34.5 Å². The van der Waals surface area contributed by atoms with E-state index in [1.807, 2.05) is 6.92 Å². The summed E-state index contributed by atoms with van der Waals surface area (Å²) in [6, 6.07) is 0. The molecule has 10 nitrogen and oxygen atoms in total. The van der Waals surface area contributed by atoms with Crippen LogP contribution in [0.3, 0.4) is 0 Å². The Labute approximate surface area is 214 Å². The normalized spacial score (nSPS) is 46.1. The van der Waals surface area contributed by atoms with Gasteiger partial charge in [0, 0.05) is 30.3 Å². The molecule has 0 amide bonds. The summed E-state index contributed by atoms with van der Waals surface area (Å²) in [4.78, 5) is 52.5. The van der Waals surface area contributed by atoms with E-state index in [0.29, 0.717) is 17.6 Å². The Kier molecular flexibility index (Phi) is 5.79. The minimum Gasteiger partial charge on any atom is -0.504 e. The molecule has 3 saturated carbocycles. The molecule has 0 aromatic rings. The van der Waals surface area contributed by atoms with Crippen LogP contribution >= 0.6 is 0 Å². The van der Waals surface area contributed by atoms with Crippen molar-refractivity contribution < 1.29 is 48.7 Å². The zero-order valence-corrected chi connectivity index (χ0v) is 21.6. The number of hydrogen-bond acceptors (Lipinski definition) is 10. The lowest BCUT2D eigenvalue weighted by atomic mass is 9.35. The van der Waals surface area contributed by atoms with Crippen molar-refractivity contribution in [3.05, 3.63) is 23.0 Å². The number of esters is 2. The highest BCUT2D eigenvalue weighted by Crippen LogP contribution is 2.74. The molecule has 4 fully saturated rings. The van der Waals surface area contributed by atoms with Gasteiger partial charge in [-0.25, -0.2) is 9.59 Å². The summed E-state index contributed by atoms with van der Waals surface area (Å²) in [5, 5.41) is 33.7. The minimum absolute atomic E-state index is 0.00222. The average Bonchev–Trinajstić information content (AvgIpc) is 3.12. The third-order valence-corrected chi connectivity index (χ3v) is 10.00. The minimum atomic E-state index is -2.14. The highest BCUT2D eigenvalue weighted by atomic mass is 16.6. The van der Waals surface area contributed by atoms with Gasteiger partial charge in [0.15, 0.2) is 23.4 Å². The van der Waals surface area contributed by atoms with Crippen molar-refractivity contribution in [2.75, 3.05) is 13.7 Å². The lowest BCUT2D eigenvalue weighted by Crippen LogP contribution is -2.77. The Morgan fingerprint density at radius 2 is 1.84 bits per heavy atom. The fourth-order valence-corrected chi connectivity index (χ4v) is 8.79. The zero-order valence-electron chi connectivity index (χ0n) is 21.6. The monoisotopic (exact) mass is 518 g/mol. The molecule has 1 heterocycles. The van der Waals surface area contributed by atoms with Crippen LogP contribution in [0.25, 0.3) is 0 Å². The molecule has 1 saturated heterocycles. The van der Waals surface area contributed by atoms with Gasteiger partial charge in [-0.3, -0.25) is 9.59 Å². The van der Waals surface area contributed by atoms with Crippen LogP contribution in [0.1, 0.15) is 47.0 Å². The number of ether oxygens (including phenoxy) is 3. The largest absolute Gasteiger partial charge is 0.504 e. The number of aliphatic hydroxyl groups excluding tert-OH is 3. The number of Topliss-reactive ketones (excluding diaryl/α,β-unsaturated/α-hetero) is 2. The van der Waals surface area contributed by atoms with Gasteiger partial charge in [-0.05, 0) is 50.0 Å². The van der Waals surface area contributed by atoms with Crippen molar-refractivity contribution in [1.82, 2.24) is 0 Å². The standard InChI is InChI=1S/C27H34O10/c1-11(2)6-17(30)37-20-15(28)8-13-7-14-12(3)18(31)16(29)9-25(14,4)21-19(32)23(33)27(24(34)35-5)22(20)26(13,21)10-36-27/h6,13-14,19-23,31-33H,7-10H2,1-5H3/t13-,14-,19+,20-,21+,22+,23-,25-,26+,27+/m0/s1. The first-order valence-electron chi connectivity index (χ1n) is 12.7. The first-order chi connectivity index (χ1) is 17.3. The number of carbonyl (C=O) groups excluding carboxylic acids is 4. The van der Waals surface area contributed by atoms with Crippen LogP contribution in [0.2, 0.25) is 0 Å². The SMILES string of the molecule is COC(=O)[C@@]12OC[C@]34[C@H](CC(=O)[C@H](OC(=O)C=C(C)C)[C@@H]13)C[C@H]1C(C)=C(O)C(=O)C[C@]1(C)[C@H]4[C@@H](O)[C@@H]2O. The second kappa shape index (κ2) is 8.22. The van der Waals surface area contributed by atoms with Crippen molar-refractivity contribution in [3.63, 3.8) is 0 Å². The van der Waals surface area contributed by atoms with Crippen LogP contribution in [-0.2, 0) is 33.4 Å². The quantitative estimate of drug-likeness (QED) is 0.366. The fraction of sp³-hybridized carbons (Fsp3) is 0.704. The number of ketones is 2. The molecule has 0 aromatic carbocycles. The second-order valence-electron chi connectivity index (χ2n) is 11.9. The Bertz CT molecular complexity index is 1150. The maximum absolute atomic E-state index is 13.6. The van der Waals surface area contributed by atoms with Gasteiger partial charge in [0.2, 0.25) is 5.60 Å². The van der Waals surface area contributed by atoms with Crippen LogP contribution in [0.5, 0.6) is 0 Å². The molecule has 1 spiro atoms. The van der Waals surface area contributed by atoms with Crippen LogP contribution in [0, 0.1) is 34.5 Å². The van der Waals surface area contributed by atoms with E-state index in [0.717, 1.165) is 7.11 Å². The van der Waals surface area contributed by atoms with E-state index in [4.69, 9.17) is 14.2 Å². The predicted octanol–water partition coefficient (Wildman–Crippen LogP) is 1.18. The van der Waals surface area contributed by atoms with Gasteiger partial charge in [-0.15, -0.1) is 0 Å². The van der Waals surface area contributed by atoms with Crippen molar-refractivity contribution in [3.8, 4) is 0 Å². The zero-order chi connectivity index (χ0) is 27.2. The molecule has 37 heavy (non-hydrogen) atoms. The fourth-order valence-electron chi connectivity index (χ4n) is 8.79. The van der Waals surface area contributed by atoms with E-state index in [1.165, 1.54) is 6.08 Å². The van der Waals surface area contributed by atoms with Gasteiger partial charge in [0.25, 0.3) is 0 Å². The van der Waals surface area contributed by atoms with E-state index >= 15 is 0 Å². The molecule has 10 heteroatoms. The lowest BCUT2D eigenvalue weighted by Gasteiger charge is -2.68. The third kappa shape index (κ3) is 3.09. The first-order valence-corrected chi connectivity index (χ1v) is 12.7. The van der Waals surface area contributed by atoms with Crippen molar-refractivity contribution in [2.45, 2.75) is 70.9 Å². The van der Waals surface area contributed by atoms with Crippen molar-refractivity contribution >= 4 is 23.5 Å². The average molecular weight is 519 g/mol. The topological polar surface area (TPSA) is 157 Å². The molecule has 5 aliphatic rings. The van der Waals surface area contributed by atoms with Gasteiger partial charge < -0.3 is 29.5 Å². The Hall–Kier alpha value is -2.56. The number of carbonyl (C=O) groups is 4. The Balaban J connectivity index is 1.74. The van der Waals surface area contributed by atoms with Crippen LogP contribution in [0.15, 0.2) is 23.0 Å². The van der Waals surface area contributed by atoms with E-state index in [1.54, 1.807) is 20.8 Å². The van der Waals surface area contributed by atoms with Crippen LogP contribution < -0.4 is 0 Å². The molecular formula is C27H34O10. The Morgan fingerprint density at radius 1 is 1.16 bits per heavy atom. The van der Waals surface area contributed by atoms with Gasteiger partial charge >= 0.3 is 11.9 Å². The number of methoxy groups -OCH3 is 1. The molecule has 202 valence electrons. The summed E-state index contributed by atoms with van der Waals surface area (Å²) >= 11 is 0. The molecular weight excluding hydrogens is 484 g/mol. The highest BCUT2D eigenvalue weighted by molar-refractivity contribution is 5.96.